The average molecular weight is 304 g/mol. The Morgan fingerprint density at radius 3 is 3.05 bits per heavy atom. The van der Waals surface area contributed by atoms with E-state index in [1.54, 1.807) is 0 Å². The summed E-state index contributed by atoms with van der Waals surface area (Å²) < 4.78 is 1.41. The first kappa shape index (κ1) is 16.4. The van der Waals surface area contributed by atoms with Crippen molar-refractivity contribution in [2.75, 3.05) is 13.1 Å². The Morgan fingerprint density at radius 2 is 2.45 bits per heavy atom. The summed E-state index contributed by atoms with van der Waals surface area (Å²) in [6, 6.07) is 0.370. The smallest absolute Gasteiger partial charge is 0.306 e. The van der Waals surface area contributed by atoms with E-state index in [1.165, 1.54) is 17.1 Å². The van der Waals surface area contributed by atoms with Crippen LogP contribution in [0.3, 0.4) is 0 Å². The third-order valence-corrected chi connectivity index (χ3v) is 3.11. The third kappa shape index (κ3) is 4.78. The van der Waals surface area contributed by atoms with Crippen LogP contribution in [0.5, 0.6) is 0 Å². The molecule has 20 heavy (non-hydrogen) atoms. The number of nitrogens with one attached hydrogen (secondary N) is 2. The van der Waals surface area contributed by atoms with Crippen LogP contribution < -0.4 is 10.6 Å². The molecule has 9 heteroatoms. The number of amides is 1. The summed E-state index contributed by atoms with van der Waals surface area (Å²) in [4.78, 5) is 21.6. The van der Waals surface area contributed by atoms with Gasteiger partial charge in [-0.1, -0.05) is 0 Å². The van der Waals surface area contributed by atoms with Crippen LogP contribution in [0.2, 0.25) is 0 Å². The number of halogens is 1. The van der Waals surface area contributed by atoms with Gasteiger partial charge >= 0.3 is 5.69 Å². The Labute approximate surface area is 122 Å². The second-order valence-electron chi connectivity index (χ2n) is 4.57. The summed E-state index contributed by atoms with van der Waals surface area (Å²) in [5.41, 5.74) is -0.0597. The highest BCUT2D eigenvalue weighted by Crippen LogP contribution is 2.08. The molecule has 0 radical (unpaired) electrons. The van der Waals surface area contributed by atoms with E-state index in [2.05, 4.69) is 15.7 Å². The fraction of sp³-hybridized carbons (Fsp3) is 0.636. The van der Waals surface area contributed by atoms with Gasteiger partial charge in [0.25, 0.3) is 0 Å². The summed E-state index contributed by atoms with van der Waals surface area (Å²) in [6.45, 7) is 1.99. The van der Waals surface area contributed by atoms with E-state index >= 15 is 0 Å². The minimum Gasteiger partial charge on any atom is -0.354 e. The predicted octanol–water partition coefficient (Wildman–Crippen LogP) is 0.471. The highest BCUT2D eigenvalue weighted by atomic mass is 35.5. The van der Waals surface area contributed by atoms with Crippen LogP contribution in [0.15, 0.2) is 12.4 Å². The molecule has 0 bridgehead atoms. The molecule has 0 aliphatic carbocycles. The van der Waals surface area contributed by atoms with Gasteiger partial charge in [0.1, 0.15) is 12.4 Å². The first-order chi connectivity index (χ1) is 9.15. The number of aromatic nitrogens is 2. The summed E-state index contributed by atoms with van der Waals surface area (Å²) in [5, 5.41) is 20.4. The average Bonchev–Trinajstić information content (AvgIpc) is 3.05. The van der Waals surface area contributed by atoms with Crippen LogP contribution in [-0.2, 0) is 11.3 Å². The van der Waals surface area contributed by atoms with Gasteiger partial charge in [-0.05, 0) is 19.4 Å². The SMILES string of the molecule is Cl.O=C(CCn1cc([N+](=O)[O-])cn1)NCC1CCCN1. The lowest BCUT2D eigenvalue weighted by atomic mass is 10.2. The molecule has 0 aromatic carbocycles. The number of hydrogen-bond donors (Lipinski definition) is 2. The maximum absolute atomic E-state index is 11.6. The Balaban J connectivity index is 0.00000200. The van der Waals surface area contributed by atoms with Crippen LogP contribution >= 0.6 is 12.4 Å². The summed E-state index contributed by atoms with van der Waals surface area (Å²) in [7, 11) is 0. The van der Waals surface area contributed by atoms with Gasteiger partial charge in [-0.2, -0.15) is 5.10 Å². The maximum Gasteiger partial charge on any atom is 0.306 e. The standard InChI is InChI=1S/C11H17N5O3.ClH/c17-11(13-6-9-2-1-4-12-9)3-5-15-8-10(7-14-15)16(18)19;/h7-9,12H,1-6H2,(H,13,17);1H. The Morgan fingerprint density at radius 1 is 1.65 bits per heavy atom. The summed E-state index contributed by atoms with van der Waals surface area (Å²) in [6.07, 6.45) is 5.01. The molecule has 1 aromatic rings. The van der Waals surface area contributed by atoms with Crippen molar-refractivity contribution in [1.82, 2.24) is 20.4 Å². The molecule has 1 aromatic heterocycles. The zero-order chi connectivity index (χ0) is 13.7. The molecule has 1 aliphatic rings. The number of carbonyl (C=O) groups is 1. The molecule has 1 amide bonds. The number of carbonyl (C=O) groups excluding carboxylic acids is 1. The van der Waals surface area contributed by atoms with E-state index < -0.39 is 4.92 Å². The number of aryl methyl sites for hydroxylation is 1. The van der Waals surface area contributed by atoms with Crippen LogP contribution in [0.25, 0.3) is 0 Å². The Kier molecular flexibility index (Phi) is 6.40. The lowest BCUT2D eigenvalue weighted by molar-refractivity contribution is -0.385. The van der Waals surface area contributed by atoms with Gasteiger partial charge in [-0.25, -0.2) is 0 Å². The highest BCUT2D eigenvalue weighted by molar-refractivity contribution is 5.85. The van der Waals surface area contributed by atoms with Gasteiger partial charge in [-0.15, -0.1) is 12.4 Å². The molecule has 2 rings (SSSR count). The van der Waals surface area contributed by atoms with Crippen molar-refractivity contribution in [3.8, 4) is 0 Å². The lowest BCUT2D eigenvalue weighted by Crippen LogP contribution is -2.37. The molecule has 1 saturated heterocycles. The van der Waals surface area contributed by atoms with Crippen LogP contribution in [0.4, 0.5) is 5.69 Å². The van der Waals surface area contributed by atoms with E-state index in [0.717, 1.165) is 19.4 Å². The van der Waals surface area contributed by atoms with Gasteiger partial charge in [-0.3, -0.25) is 19.6 Å². The van der Waals surface area contributed by atoms with E-state index in [9.17, 15) is 14.9 Å². The van der Waals surface area contributed by atoms with Crippen LogP contribution in [-0.4, -0.2) is 39.7 Å². The molecule has 1 atom stereocenters. The van der Waals surface area contributed by atoms with Crippen LogP contribution in [0, 0.1) is 10.1 Å². The molecule has 1 fully saturated rings. The molecule has 0 spiro atoms. The molecule has 1 aliphatic heterocycles. The second-order valence-corrected chi connectivity index (χ2v) is 4.57. The van der Waals surface area contributed by atoms with Crippen molar-refractivity contribution >= 4 is 24.0 Å². The predicted molar refractivity (Wildman–Crippen MR) is 74.8 cm³/mol. The number of rotatable bonds is 6. The Bertz CT molecular complexity index is 459. The van der Waals surface area contributed by atoms with Gasteiger partial charge in [0.2, 0.25) is 5.91 Å². The number of hydrogen-bond acceptors (Lipinski definition) is 5. The zero-order valence-electron chi connectivity index (χ0n) is 10.9. The van der Waals surface area contributed by atoms with Crippen molar-refractivity contribution in [1.29, 1.82) is 0 Å². The molecule has 0 saturated carbocycles. The van der Waals surface area contributed by atoms with Crippen LogP contribution in [0.1, 0.15) is 19.3 Å². The molecule has 112 valence electrons. The lowest BCUT2D eigenvalue weighted by Gasteiger charge is -2.11. The maximum atomic E-state index is 11.6. The van der Waals surface area contributed by atoms with E-state index in [0.29, 0.717) is 19.1 Å². The molecule has 1 unspecified atom stereocenters. The largest absolute Gasteiger partial charge is 0.354 e. The van der Waals surface area contributed by atoms with Crippen molar-refractivity contribution < 1.29 is 9.72 Å². The first-order valence-electron chi connectivity index (χ1n) is 6.32. The molecule has 2 N–H and O–H groups in total. The van der Waals surface area contributed by atoms with Gasteiger partial charge in [0, 0.05) is 25.6 Å². The van der Waals surface area contributed by atoms with Gasteiger partial charge in [0.05, 0.1) is 4.92 Å². The third-order valence-electron chi connectivity index (χ3n) is 3.11. The normalized spacial score (nSPS) is 17.5. The fourth-order valence-electron chi connectivity index (χ4n) is 2.04. The summed E-state index contributed by atoms with van der Waals surface area (Å²) >= 11 is 0. The number of nitro groups is 1. The Hall–Kier alpha value is -1.67. The molecular weight excluding hydrogens is 286 g/mol. The van der Waals surface area contributed by atoms with Crippen molar-refractivity contribution in [3.05, 3.63) is 22.5 Å². The molecule has 8 nitrogen and oxygen atoms in total. The topological polar surface area (TPSA) is 102 Å². The van der Waals surface area contributed by atoms with E-state index in [1.807, 2.05) is 0 Å². The van der Waals surface area contributed by atoms with E-state index in [-0.39, 0.29) is 30.4 Å². The summed E-state index contributed by atoms with van der Waals surface area (Å²) in [5.74, 6) is -0.0631. The van der Waals surface area contributed by atoms with Gasteiger partial charge in [0.15, 0.2) is 0 Å². The second kappa shape index (κ2) is 7.81. The minimum absolute atomic E-state index is 0. The number of nitrogens with zero attached hydrogens (tertiary/aromatic N) is 3. The van der Waals surface area contributed by atoms with Crippen molar-refractivity contribution in [2.24, 2.45) is 0 Å². The molecular formula is C11H18ClN5O3. The first-order valence-corrected chi connectivity index (χ1v) is 6.32. The molecule has 2 heterocycles. The van der Waals surface area contributed by atoms with Crippen molar-refractivity contribution in [2.45, 2.75) is 31.8 Å². The fourth-order valence-corrected chi connectivity index (χ4v) is 2.04. The monoisotopic (exact) mass is 303 g/mol. The zero-order valence-corrected chi connectivity index (χ0v) is 11.8. The van der Waals surface area contributed by atoms with E-state index in [4.69, 9.17) is 0 Å². The minimum atomic E-state index is -0.505. The van der Waals surface area contributed by atoms with Crippen molar-refractivity contribution in [3.63, 3.8) is 0 Å². The van der Waals surface area contributed by atoms with Gasteiger partial charge < -0.3 is 10.6 Å². The highest BCUT2D eigenvalue weighted by Gasteiger charge is 2.15. The quantitative estimate of drug-likeness (QED) is 0.587.